The van der Waals surface area contributed by atoms with Crippen LogP contribution in [-0.4, -0.2) is 97.3 Å². The van der Waals surface area contributed by atoms with Gasteiger partial charge >= 0.3 is 25.5 Å². The normalized spacial score (nSPS) is 17.5. The van der Waals surface area contributed by atoms with Gasteiger partial charge < -0.3 is 46.2 Å². The first-order valence-corrected chi connectivity index (χ1v) is 16.5. The molecular weight excluding hydrogens is 717 g/mol. The second-order valence-corrected chi connectivity index (χ2v) is 12.2. The number of carboxylic acids is 2. The number of ether oxygens (including phenoxy) is 1. The Balaban J connectivity index is 0.000000259. The van der Waals surface area contributed by atoms with E-state index in [0.29, 0.717) is 11.4 Å². The molecule has 23 nitrogen and oxygen atoms in total. The Morgan fingerprint density at radius 1 is 1.10 bits per heavy atom. The molecule has 0 aliphatic carbocycles. The van der Waals surface area contributed by atoms with E-state index < -0.39 is 73.6 Å². The van der Waals surface area contributed by atoms with E-state index in [4.69, 9.17) is 30.5 Å². The molecular formula is C28H32N9O14P. The molecule has 0 spiro atoms. The van der Waals surface area contributed by atoms with Crippen LogP contribution < -0.4 is 33.2 Å². The number of aliphatic hydroxyl groups is 1. The number of aliphatic carboxylic acids is 2. The first-order chi connectivity index (χ1) is 24.5. The third-order valence-electron chi connectivity index (χ3n) is 7.13. The quantitative estimate of drug-likeness (QED) is 0.0677. The van der Waals surface area contributed by atoms with E-state index in [-0.39, 0.29) is 48.5 Å². The molecule has 4 heterocycles. The van der Waals surface area contributed by atoms with E-state index in [1.54, 1.807) is 12.1 Å². The van der Waals surface area contributed by atoms with Crippen molar-refractivity contribution in [1.82, 2.24) is 34.8 Å². The van der Waals surface area contributed by atoms with Crippen LogP contribution in [0, 0.1) is 0 Å². The van der Waals surface area contributed by atoms with Gasteiger partial charge in [0.2, 0.25) is 5.95 Å². The van der Waals surface area contributed by atoms with Crippen molar-refractivity contribution in [2.24, 2.45) is 0 Å². The van der Waals surface area contributed by atoms with E-state index in [0.717, 1.165) is 10.6 Å². The minimum atomic E-state index is -4.66. The number of phosphoric ester groups is 1. The molecule has 1 saturated heterocycles. The number of carbonyl (C=O) groups excluding carboxylic acids is 1. The zero-order chi connectivity index (χ0) is 38.2. The van der Waals surface area contributed by atoms with Crippen LogP contribution in [0.4, 0.5) is 11.6 Å². The molecule has 4 atom stereocenters. The van der Waals surface area contributed by atoms with Crippen molar-refractivity contribution in [3.05, 3.63) is 85.2 Å². The van der Waals surface area contributed by atoms with Gasteiger partial charge in [-0.15, -0.1) is 0 Å². The highest BCUT2D eigenvalue weighted by molar-refractivity contribution is 7.46. The van der Waals surface area contributed by atoms with Crippen molar-refractivity contribution < 1.29 is 53.3 Å². The maximum Gasteiger partial charge on any atom is 0.469 e. The SMILES string of the molecule is Nc1nc2ncc(CNc3ccc(C(=O)NC(CCC(=O)O)C(=O)O)cc3)nc2c(=O)[nH]1.O=c1ccn([C@H]2C[C@H](O)[C@@H](COP(=O)(O)O)O2)c(=O)[nH]1. The van der Waals surface area contributed by atoms with Crippen LogP contribution in [0.1, 0.15) is 41.5 Å². The molecule has 5 rings (SSSR count). The van der Waals surface area contributed by atoms with Crippen molar-refractivity contribution in [3.63, 3.8) is 0 Å². The average Bonchev–Trinajstić information content (AvgIpc) is 3.44. The molecule has 1 aromatic carbocycles. The number of aromatic amines is 2. The Labute approximate surface area is 289 Å². The number of H-pyrrole nitrogens is 2. The summed E-state index contributed by atoms with van der Waals surface area (Å²) >= 11 is 0. The highest BCUT2D eigenvalue weighted by Gasteiger charge is 2.37. The fourth-order valence-electron chi connectivity index (χ4n) is 4.62. The van der Waals surface area contributed by atoms with Gasteiger partial charge in [-0.25, -0.2) is 24.1 Å². The number of aromatic nitrogens is 6. The molecule has 3 aromatic heterocycles. The highest BCUT2D eigenvalue weighted by Crippen LogP contribution is 2.38. The number of nitrogens with zero attached hydrogens (tertiary/aromatic N) is 4. The number of anilines is 2. The van der Waals surface area contributed by atoms with Crippen molar-refractivity contribution in [1.29, 1.82) is 0 Å². The van der Waals surface area contributed by atoms with Crippen LogP contribution in [0.25, 0.3) is 11.2 Å². The van der Waals surface area contributed by atoms with Crippen LogP contribution >= 0.6 is 7.82 Å². The number of carbonyl (C=O) groups is 3. The summed E-state index contributed by atoms with van der Waals surface area (Å²) in [6.45, 7) is -0.283. The molecule has 0 radical (unpaired) electrons. The summed E-state index contributed by atoms with van der Waals surface area (Å²) in [5.41, 5.74) is 5.21. The number of benzene rings is 1. The van der Waals surface area contributed by atoms with Crippen LogP contribution in [0.3, 0.4) is 0 Å². The van der Waals surface area contributed by atoms with E-state index >= 15 is 0 Å². The zero-order valence-corrected chi connectivity index (χ0v) is 27.5. The van der Waals surface area contributed by atoms with Gasteiger partial charge in [0.25, 0.3) is 17.0 Å². The Kier molecular flexibility index (Phi) is 12.7. The minimum Gasteiger partial charge on any atom is -0.481 e. The largest absolute Gasteiger partial charge is 0.481 e. The Bertz CT molecular complexity index is 2150. The molecule has 1 fully saturated rings. The number of fused-ring (bicyclic) bond motifs is 1. The second-order valence-electron chi connectivity index (χ2n) is 10.9. The summed E-state index contributed by atoms with van der Waals surface area (Å²) in [5, 5.41) is 32.9. The number of nitrogen functional groups attached to an aromatic ring is 1. The molecule has 52 heavy (non-hydrogen) atoms. The maximum atomic E-state index is 12.3. The number of hydrogen-bond donors (Lipinski definition) is 10. The summed E-state index contributed by atoms with van der Waals surface area (Å²) in [4.78, 5) is 102. The maximum absolute atomic E-state index is 12.3. The van der Waals surface area contributed by atoms with Crippen LogP contribution in [0.5, 0.6) is 0 Å². The Hall–Kier alpha value is -5.84. The molecule has 0 saturated carbocycles. The second kappa shape index (κ2) is 16.9. The van der Waals surface area contributed by atoms with E-state index in [9.17, 15) is 38.4 Å². The molecule has 1 unspecified atom stereocenters. The first kappa shape index (κ1) is 39.0. The van der Waals surface area contributed by atoms with E-state index in [1.807, 2.05) is 4.98 Å². The molecule has 1 aliphatic heterocycles. The lowest BCUT2D eigenvalue weighted by Crippen LogP contribution is -2.41. The molecule has 278 valence electrons. The molecule has 4 aromatic rings. The van der Waals surface area contributed by atoms with Crippen LogP contribution in [0.15, 0.2) is 57.1 Å². The number of nitrogens with two attached hydrogens (primary N) is 1. The first-order valence-electron chi connectivity index (χ1n) is 14.9. The van der Waals surface area contributed by atoms with Gasteiger partial charge in [-0.1, -0.05) is 0 Å². The topological polar surface area (TPSA) is 364 Å². The summed E-state index contributed by atoms with van der Waals surface area (Å²) in [7, 11) is -4.66. The predicted octanol–water partition coefficient (Wildman–Crippen LogP) is -1.75. The van der Waals surface area contributed by atoms with Crippen LogP contribution in [0.2, 0.25) is 0 Å². The van der Waals surface area contributed by atoms with Crippen molar-refractivity contribution in [3.8, 4) is 0 Å². The van der Waals surface area contributed by atoms with E-state index in [1.165, 1.54) is 24.5 Å². The van der Waals surface area contributed by atoms with Gasteiger partial charge in [-0.05, 0) is 30.7 Å². The van der Waals surface area contributed by atoms with Gasteiger partial charge in [0.15, 0.2) is 11.2 Å². The van der Waals surface area contributed by atoms with Gasteiger partial charge in [0, 0.05) is 36.4 Å². The molecule has 1 amide bonds. The lowest BCUT2D eigenvalue weighted by molar-refractivity contribution is -0.140. The van der Waals surface area contributed by atoms with Crippen molar-refractivity contribution in [2.75, 3.05) is 17.7 Å². The molecule has 11 N–H and O–H groups in total. The Morgan fingerprint density at radius 3 is 2.44 bits per heavy atom. The van der Waals surface area contributed by atoms with Gasteiger partial charge in [0.05, 0.1) is 31.1 Å². The average molecular weight is 750 g/mol. The number of rotatable bonds is 13. The summed E-state index contributed by atoms with van der Waals surface area (Å²) in [6, 6.07) is 5.98. The number of amides is 1. The fourth-order valence-corrected chi connectivity index (χ4v) is 4.96. The lowest BCUT2D eigenvalue weighted by atomic mass is 10.1. The smallest absolute Gasteiger partial charge is 0.469 e. The fraction of sp³-hybridized carbons (Fsp3) is 0.321. The number of nitrogens with one attached hydrogen (secondary N) is 4. The Morgan fingerprint density at radius 2 is 1.81 bits per heavy atom. The number of hydrogen-bond acceptors (Lipinski definition) is 15. The molecule has 24 heteroatoms. The predicted molar refractivity (Wildman–Crippen MR) is 176 cm³/mol. The summed E-state index contributed by atoms with van der Waals surface area (Å²) < 4.78 is 21.2. The van der Waals surface area contributed by atoms with Crippen molar-refractivity contribution in [2.45, 2.75) is 50.3 Å². The number of aliphatic hydroxyl groups excluding tert-OH is 1. The third-order valence-corrected chi connectivity index (χ3v) is 7.62. The lowest BCUT2D eigenvalue weighted by Gasteiger charge is -2.16. The van der Waals surface area contributed by atoms with Crippen LogP contribution in [-0.2, 0) is 30.0 Å². The molecule has 0 bridgehead atoms. The zero-order valence-electron chi connectivity index (χ0n) is 26.6. The molecule has 1 aliphatic rings. The monoisotopic (exact) mass is 749 g/mol. The highest BCUT2D eigenvalue weighted by atomic mass is 31.2. The van der Waals surface area contributed by atoms with Gasteiger partial charge in [-0.3, -0.25) is 38.2 Å². The van der Waals surface area contributed by atoms with Gasteiger partial charge in [-0.2, -0.15) is 4.98 Å². The number of carboxylic acid groups (broad SMARTS) is 2. The third kappa shape index (κ3) is 11.1. The number of phosphoric acid groups is 1. The van der Waals surface area contributed by atoms with E-state index in [2.05, 4.69) is 35.1 Å². The van der Waals surface area contributed by atoms with Gasteiger partial charge in [0.1, 0.15) is 18.4 Å². The standard InChI is InChI=1S/C19H19N7O6.C9H13N2O8P/c20-19-25-15-14(17(30)26-19)23-11(8-22-15)7-21-10-3-1-9(2-4-10)16(29)24-12(18(31)32)5-6-13(27)28;12-5-3-8(11-2-1-7(13)10-9(11)14)19-6(5)4-18-20(15,16)17/h1-4,8,12,21H,5-7H2,(H,24,29)(H,27,28)(H,31,32)(H3,20,22,25,26,30);1-2,5-6,8,12H,3-4H2,(H,10,13,14)(H2,15,16,17)/t;5-,6+,8+/m.0/s1. The van der Waals surface area contributed by atoms with Crippen molar-refractivity contribution >= 4 is 48.5 Å². The minimum absolute atomic E-state index is 0.0289. The summed E-state index contributed by atoms with van der Waals surface area (Å²) in [6.07, 6.45) is -0.796. The summed E-state index contributed by atoms with van der Waals surface area (Å²) in [5.74, 6) is -3.16.